The molecule has 2 N–H and O–H groups in total. The minimum Gasteiger partial charge on any atom is -0.355 e. The van der Waals surface area contributed by atoms with Gasteiger partial charge in [0.1, 0.15) is 6.33 Å². The van der Waals surface area contributed by atoms with Crippen LogP contribution in [0.5, 0.6) is 0 Å². The maximum atomic E-state index is 4.35. The number of thiophene rings is 1. The highest BCUT2D eigenvalue weighted by atomic mass is 32.1. The lowest BCUT2D eigenvalue weighted by molar-refractivity contribution is 0.296. The van der Waals surface area contributed by atoms with Gasteiger partial charge in [-0.05, 0) is 24.3 Å². The van der Waals surface area contributed by atoms with E-state index in [1.165, 1.54) is 37.0 Å². The zero-order valence-corrected chi connectivity index (χ0v) is 15.3. The van der Waals surface area contributed by atoms with Gasteiger partial charge in [-0.15, -0.1) is 21.5 Å². The van der Waals surface area contributed by atoms with Crippen molar-refractivity contribution in [3.63, 3.8) is 0 Å². The number of aliphatic imine (C=N–C) groups is 1. The van der Waals surface area contributed by atoms with Gasteiger partial charge in [0, 0.05) is 30.9 Å². The van der Waals surface area contributed by atoms with Crippen LogP contribution in [-0.4, -0.2) is 34.3 Å². The maximum absolute atomic E-state index is 4.35. The SMILES string of the molecule is CN=C(NCc1nncn1C)NCC1(c2cccs2)CCCCC1. The average molecular weight is 347 g/mol. The molecule has 2 heterocycles. The van der Waals surface area contributed by atoms with E-state index in [-0.39, 0.29) is 5.41 Å². The van der Waals surface area contributed by atoms with Crippen molar-refractivity contribution in [1.82, 2.24) is 25.4 Å². The third kappa shape index (κ3) is 3.77. The van der Waals surface area contributed by atoms with E-state index >= 15 is 0 Å². The third-order valence-electron chi connectivity index (χ3n) is 4.89. The second kappa shape index (κ2) is 7.79. The molecular weight excluding hydrogens is 320 g/mol. The number of guanidine groups is 1. The summed E-state index contributed by atoms with van der Waals surface area (Å²) in [5.41, 5.74) is 0.245. The molecule has 2 aromatic rings. The Kier molecular flexibility index (Phi) is 5.50. The summed E-state index contributed by atoms with van der Waals surface area (Å²) < 4.78 is 1.91. The molecule has 0 aromatic carbocycles. The van der Waals surface area contributed by atoms with E-state index in [2.05, 4.69) is 43.3 Å². The van der Waals surface area contributed by atoms with Gasteiger partial charge in [-0.3, -0.25) is 4.99 Å². The topological polar surface area (TPSA) is 67.1 Å². The fourth-order valence-electron chi connectivity index (χ4n) is 3.42. The number of nitrogens with zero attached hydrogens (tertiary/aromatic N) is 4. The van der Waals surface area contributed by atoms with Crippen molar-refractivity contribution in [1.29, 1.82) is 0 Å². The van der Waals surface area contributed by atoms with E-state index in [0.29, 0.717) is 6.54 Å². The predicted molar refractivity (Wildman–Crippen MR) is 98.3 cm³/mol. The van der Waals surface area contributed by atoms with Crippen LogP contribution in [0.2, 0.25) is 0 Å². The van der Waals surface area contributed by atoms with Crippen LogP contribution in [0.25, 0.3) is 0 Å². The first-order valence-corrected chi connectivity index (χ1v) is 9.43. The van der Waals surface area contributed by atoms with Gasteiger partial charge < -0.3 is 15.2 Å². The Balaban J connectivity index is 1.61. The Morgan fingerprint density at radius 3 is 2.79 bits per heavy atom. The summed E-state index contributed by atoms with van der Waals surface area (Å²) in [4.78, 5) is 5.85. The standard InChI is InChI=1S/C17H26N6S/c1-18-16(19-11-15-22-21-13-23(15)2)20-12-17(8-4-3-5-9-17)14-7-6-10-24-14/h6-7,10,13H,3-5,8-9,11-12H2,1-2H3,(H2,18,19,20). The fraction of sp³-hybridized carbons (Fsp3) is 0.588. The smallest absolute Gasteiger partial charge is 0.191 e. The number of aromatic nitrogens is 3. The van der Waals surface area contributed by atoms with Gasteiger partial charge in [0.05, 0.1) is 6.54 Å². The Morgan fingerprint density at radius 1 is 1.33 bits per heavy atom. The number of rotatable bonds is 5. The molecule has 0 radical (unpaired) electrons. The van der Waals surface area contributed by atoms with E-state index < -0.39 is 0 Å². The fourth-order valence-corrected chi connectivity index (χ4v) is 4.41. The summed E-state index contributed by atoms with van der Waals surface area (Å²) in [6.07, 6.45) is 8.18. The third-order valence-corrected chi connectivity index (χ3v) is 6.01. The Morgan fingerprint density at radius 2 is 2.17 bits per heavy atom. The van der Waals surface area contributed by atoms with Crippen LogP contribution < -0.4 is 10.6 Å². The molecule has 0 atom stereocenters. The first-order chi connectivity index (χ1) is 11.7. The Labute approximate surface area is 147 Å². The van der Waals surface area contributed by atoms with Gasteiger partial charge in [-0.1, -0.05) is 25.3 Å². The van der Waals surface area contributed by atoms with E-state index in [4.69, 9.17) is 0 Å². The number of hydrogen-bond donors (Lipinski definition) is 2. The van der Waals surface area contributed by atoms with Crippen LogP contribution in [-0.2, 0) is 19.0 Å². The van der Waals surface area contributed by atoms with E-state index in [9.17, 15) is 0 Å². The van der Waals surface area contributed by atoms with Crippen molar-refractivity contribution in [2.75, 3.05) is 13.6 Å². The van der Waals surface area contributed by atoms with Gasteiger partial charge >= 0.3 is 0 Å². The largest absolute Gasteiger partial charge is 0.355 e. The second-order valence-corrected chi connectivity index (χ2v) is 7.40. The lowest BCUT2D eigenvalue weighted by atomic mass is 9.73. The van der Waals surface area contributed by atoms with Crippen molar-refractivity contribution < 1.29 is 0 Å². The van der Waals surface area contributed by atoms with Crippen LogP contribution in [0.15, 0.2) is 28.8 Å². The molecule has 2 aromatic heterocycles. The van der Waals surface area contributed by atoms with Gasteiger partial charge in [-0.2, -0.15) is 0 Å². The molecule has 1 aliphatic rings. The molecule has 0 amide bonds. The van der Waals surface area contributed by atoms with Crippen molar-refractivity contribution >= 4 is 17.3 Å². The highest BCUT2D eigenvalue weighted by Crippen LogP contribution is 2.41. The van der Waals surface area contributed by atoms with Crippen molar-refractivity contribution in [3.8, 4) is 0 Å². The summed E-state index contributed by atoms with van der Waals surface area (Å²) in [6, 6.07) is 4.45. The number of nitrogens with one attached hydrogen (secondary N) is 2. The highest BCUT2D eigenvalue weighted by Gasteiger charge is 2.34. The number of hydrogen-bond acceptors (Lipinski definition) is 4. The Hall–Kier alpha value is -1.89. The summed E-state index contributed by atoms with van der Waals surface area (Å²) in [5, 5.41) is 17.1. The van der Waals surface area contributed by atoms with Crippen LogP contribution in [0, 0.1) is 0 Å². The first-order valence-electron chi connectivity index (χ1n) is 8.55. The average Bonchev–Trinajstić information content (AvgIpc) is 3.28. The molecule has 3 rings (SSSR count). The zero-order valence-electron chi connectivity index (χ0n) is 14.5. The molecule has 1 fully saturated rings. The summed E-state index contributed by atoms with van der Waals surface area (Å²) in [6.45, 7) is 1.54. The van der Waals surface area contributed by atoms with Crippen molar-refractivity contribution in [2.24, 2.45) is 12.0 Å². The summed E-state index contributed by atoms with van der Waals surface area (Å²) in [5.74, 6) is 1.71. The highest BCUT2D eigenvalue weighted by molar-refractivity contribution is 7.10. The molecule has 1 aliphatic carbocycles. The molecule has 130 valence electrons. The van der Waals surface area contributed by atoms with E-state index in [1.807, 2.05) is 30.0 Å². The lowest BCUT2D eigenvalue weighted by Crippen LogP contribution is -2.46. The molecule has 0 saturated heterocycles. The van der Waals surface area contributed by atoms with Crippen LogP contribution >= 0.6 is 11.3 Å². The summed E-state index contributed by atoms with van der Waals surface area (Å²) in [7, 11) is 3.76. The van der Waals surface area contributed by atoms with Gasteiger partial charge in [0.2, 0.25) is 0 Å². The van der Waals surface area contributed by atoms with Crippen LogP contribution in [0.1, 0.15) is 42.8 Å². The maximum Gasteiger partial charge on any atom is 0.191 e. The minimum absolute atomic E-state index is 0.245. The molecule has 0 bridgehead atoms. The molecule has 24 heavy (non-hydrogen) atoms. The molecule has 0 spiro atoms. The van der Waals surface area contributed by atoms with Gasteiger partial charge in [-0.25, -0.2) is 0 Å². The first kappa shape index (κ1) is 17.0. The zero-order chi connectivity index (χ0) is 16.8. The van der Waals surface area contributed by atoms with Crippen molar-refractivity contribution in [3.05, 3.63) is 34.5 Å². The minimum atomic E-state index is 0.245. The van der Waals surface area contributed by atoms with Gasteiger partial charge in [0.25, 0.3) is 0 Å². The number of aryl methyl sites for hydroxylation is 1. The lowest BCUT2D eigenvalue weighted by Gasteiger charge is -2.37. The quantitative estimate of drug-likeness (QED) is 0.645. The molecule has 0 aliphatic heterocycles. The van der Waals surface area contributed by atoms with E-state index in [0.717, 1.165) is 18.3 Å². The van der Waals surface area contributed by atoms with Crippen molar-refractivity contribution in [2.45, 2.75) is 44.1 Å². The van der Waals surface area contributed by atoms with Crippen LogP contribution in [0.4, 0.5) is 0 Å². The molecule has 7 heteroatoms. The van der Waals surface area contributed by atoms with Crippen LogP contribution in [0.3, 0.4) is 0 Å². The monoisotopic (exact) mass is 346 g/mol. The summed E-state index contributed by atoms with van der Waals surface area (Å²) >= 11 is 1.88. The van der Waals surface area contributed by atoms with E-state index in [1.54, 1.807) is 6.33 Å². The molecule has 1 saturated carbocycles. The molecule has 0 unspecified atom stereocenters. The van der Waals surface area contributed by atoms with Gasteiger partial charge in [0.15, 0.2) is 11.8 Å². The Bertz CT molecular complexity index is 654. The predicted octanol–water partition coefficient (Wildman–Crippen LogP) is 2.44. The second-order valence-electron chi connectivity index (χ2n) is 6.46. The normalized spacial score (nSPS) is 17.7. The molecular formula is C17H26N6S. The molecule has 6 nitrogen and oxygen atoms in total.